The van der Waals surface area contributed by atoms with E-state index in [1.807, 2.05) is 24.3 Å². The molecule has 18 heavy (non-hydrogen) atoms. The van der Waals surface area contributed by atoms with Crippen LogP contribution in [0, 0.1) is 11.8 Å². The van der Waals surface area contributed by atoms with E-state index >= 15 is 0 Å². The summed E-state index contributed by atoms with van der Waals surface area (Å²) in [5.74, 6) is 1.79. The van der Waals surface area contributed by atoms with E-state index in [0.29, 0.717) is 6.04 Å². The third-order valence-electron chi connectivity index (χ3n) is 4.14. The highest BCUT2D eigenvalue weighted by atomic mass is 79.9. The zero-order chi connectivity index (χ0) is 12.5. The molecular formula is C14H17BrN2S. The first-order chi connectivity index (χ1) is 8.70. The van der Waals surface area contributed by atoms with Crippen molar-refractivity contribution in [3.63, 3.8) is 0 Å². The summed E-state index contributed by atoms with van der Waals surface area (Å²) in [6.45, 7) is 0. The highest BCUT2D eigenvalue weighted by Gasteiger charge is 2.39. The first kappa shape index (κ1) is 12.4. The Morgan fingerprint density at radius 1 is 1.28 bits per heavy atom. The fourth-order valence-corrected chi connectivity index (χ4v) is 3.99. The number of hydrogen-bond donors (Lipinski definition) is 2. The Morgan fingerprint density at radius 3 is 2.83 bits per heavy atom. The van der Waals surface area contributed by atoms with Gasteiger partial charge in [-0.25, -0.2) is 0 Å². The largest absolute Gasteiger partial charge is 0.359 e. The molecule has 2 aliphatic carbocycles. The molecule has 0 heterocycles. The summed E-state index contributed by atoms with van der Waals surface area (Å²) < 4.78 is 1.07. The molecule has 0 amide bonds. The summed E-state index contributed by atoms with van der Waals surface area (Å²) >= 11 is 8.86. The van der Waals surface area contributed by atoms with Crippen LogP contribution in [0.4, 0.5) is 5.69 Å². The maximum absolute atomic E-state index is 5.39. The van der Waals surface area contributed by atoms with E-state index in [4.69, 9.17) is 12.2 Å². The topological polar surface area (TPSA) is 24.1 Å². The van der Waals surface area contributed by atoms with Crippen LogP contribution in [-0.2, 0) is 0 Å². The number of rotatable bonds is 2. The molecule has 0 radical (unpaired) electrons. The number of thiocarbonyl (C=S) groups is 1. The zero-order valence-corrected chi connectivity index (χ0v) is 12.6. The summed E-state index contributed by atoms with van der Waals surface area (Å²) in [7, 11) is 0. The lowest BCUT2D eigenvalue weighted by molar-refractivity contribution is 0.392. The van der Waals surface area contributed by atoms with E-state index < -0.39 is 0 Å². The molecule has 0 aromatic heterocycles. The van der Waals surface area contributed by atoms with Gasteiger partial charge in [0.2, 0.25) is 0 Å². The highest BCUT2D eigenvalue weighted by molar-refractivity contribution is 9.10. The lowest BCUT2D eigenvalue weighted by Gasteiger charge is -2.24. The minimum atomic E-state index is 0.593. The van der Waals surface area contributed by atoms with E-state index in [1.54, 1.807) is 0 Å². The summed E-state index contributed by atoms with van der Waals surface area (Å²) in [6, 6.07) is 8.68. The Morgan fingerprint density at radius 2 is 2.17 bits per heavy atom. The van der Waals surface area contributed by atoms with E-state index in [-0.39, 0.29) is 0 Å². The van der Waals surface area contributed by atoms with Gasteiger partial charge in [0.05, 0.1) is 0 Å². The smallest absolute Gasteiger partial charge is 0.171 e. The number of anilines is 1. The van der Waals surface area contributed by atoms with Gasteiger partial charge in [0, 0.05) is 16.2 Å². The third kappa shape index (κ3) is 2.69. The lowest BCUT2D eigenvalue weighted by Crippen LogP contribution is -2.40. The van der Waals surface area contributed by atoms with Crippen molar-refractivity contribution in [2.24, 2.45) is 11.8 Å². The SMILES string of the molecule is S=C(Nc1cccc(Br)c1)N[C@@H]1C[C@@H]2CC[C@@H]1C2. The number of benzene rings is 1. The monoisotopic (exact) mass is 324 g/mol. The molecule has 0 unspecified atom stereocenters. The molecule has 1 aromatic rings. The van der Waals surface area contributed by atoms with Crippen molar-refractivity contribution < 1.29 is 0 Å². The fraction of sp³-hybridized carbons (Fsp3) is 0.500. The quantitative estimate of drug-likeness (QED) is 0.806. The Bertz CT molecular complexity index is 463. The van der Waals surface area contributed by atoms with Crippen LogP contribution in [0.25, 0.3) is 0 Å². The van der Waals surface area contributed by atoms with Crippen molar-refractivity contribution in [1.82, 2.24) is 5.32 Å². The molecule has 0 saturated heterocycles. The summed E-state index contributed by atoms with van der Waals surface area (Å²) in [6.07, 6.45) is 5.50. The van der Waals surface area contributed by atoms with Gasteiger partial charge in [-0.3, -0.25) is 0 Å². The second kappa shape index (κ2) is 5.17. The van der Waals surface area contributed by atoms with Crippen molar-refractivity contribution in [3.8, 4) is 0 Å². The van der Waals surface area contributed by atoms with Crippen molar-refractivity contribution in [3.05, 3.63) is 28.7 Å². The minimum absolute atomic E-state index is 0.593. The normalized spacial score (nSPS) is 29.3. The zero-order valence-electron chi connectivity index (χ0n) is 10.2. The predicted molar refractivity (Wildman–Crippen MR) is 82.7 cm³/mol. The van der Waals surface area contributed by atoms with Gasteiger partial charge in [-0.15, -0.1) is 0 Å². The van der Waals surface area contributed by atoms with Gasteiger partial charge in [-0.05, 0) is 61.5 Å². The van der Waals surface area contributed by atoms with Crippen LogP contribution in [0.3, 0.4) is 0 Å². The molecule has 2 bridgehead atoms. The maximum atomic E-state index is 5.39. The summed E-state index contributed by atoms with van der Waals surface area (Å²) in [4.78, 5) is 0. The average Bonchev–Trinajstić information content (AvgIpc) is 2.90. The lowest BCUT2D eigenvalue weighted by atomic mass is 9.96. The first-order valence-corrected chi connectivity index (χ1v) is 7.74. The molecule has 3 atom stereocenters. The summed E-state index contributed by atoms with van der Waals surface area (Å²) in [5, 5.41) is 7.50. The molecule has 2 aliphatic rings. The molecule has 96 valence electrons. The minimum Gasteiger partial charge on any atom is -0.359 e. The molecule has 2 saturated carbocycles. The molecule has 4 heteroatoms. The van der Waals surface area contributed by atoms with Crippen LogP contribution in [0.1, 0.15) is 25.7 Å². The van der Waals surface area contributed by atoms with Crippen LogP contribution in [0.15, 0.2) is 28.7 Å². The highest BCUT2D eigenvalue weighted by Crippen LogP contribution is 2.44. The van der Waals surface area contributed by atoms with Gasteiger partial charge in [-0.1, -0.05) is 28.4 Å². The van der Waals surface area contributed by atoms with Crippen LogP contribution in [-0.4, -0.2) is 11.2 Å². The van der Waals surface area contributed by atoms with Gasteiger partial charge >= 0.3 is 0 Å². The van der Waals surface area contributed by atoms with Crippen molar-refractivity contribution in [1.29, 1.82) is 0 Å². The van der Waals surface area contributed by atoms with E-state index in [9.17, 15) is 0 Å². The molecule has 0 aliphatic heterocycles. The number of halogens is 1. The Labute approximate surface area is 122 Å². The molecule has 1 aromatic carbocycles. The standard InChI is InChI=1S/C14H17BrN2S/c15-11-2-1-3-12(8-11)16-14(18)17-13-7-9-4-5-10(13)6-9/h1-3,8-10,13H,4-7H2,(H2,16,17,18)/t9-,10-,13-/m1/s1. The van der Waals surface area contributed by atoms with Crippen molar-refractivity contribution in [2.75, 3.05) is 5.32 Å². The Hall–Kier alpha value is -0.610. The molecule has 2 N–H and O–H groups in total. The second-order valence-corrected chi connectivity index (χ2v) is 6.71. The van der Waals surface area contributed by atoms with Crippen LogP contribution in [0.2, 0.25) is 0 Å². The van der Waals surface area contributed by atoms with Gasteiger partial charge in [0.1, 0.15) is 0 Å². The number of hydrogen-bond acceptors (Lipinski definition) is 1. The molecular weight excluding hydrogens is 308 g/mol. The van der Waals surface area contributed by atoms with E-state index in [0.717, 1.165) is 27.1 Å². The van der Waals surface area contributed by atoms with E-state index in [1.165, 1.54) is 25.7 Å². The van der Waals surface area contributed by atoms with Gasteiger partial charge in [0.25, 0.3) is 0 Å². The number of fused-ring (bicyclic) bond motifs is 2. The van der Waals surface area contributed by atoms with Gasteiger partial charge in [-0.2, -0.15) is 0 Å². The maximum Gasteiger partial charge on any atom is 0.171 e. The fourth-order valence-electron chi connectivity index (χ4n) is 3.32. The van der Waals surface area contributed by atoms with Crippen LogP contribution in [0.5, 0.6) is 0 Å². The van der Waals surface area contributed by atoms with Crippen molar-refractivity contribution in [2.45, 2.75) is 31.7 Å². The molecule has 3 rings (SSSR count). The van der Waals surface area contributed by atoms with Crippen LogP contribution < -0.4 is 10.6 Å². The van der Waals surface area contributed by atoms with E-state index in [2.05, 4.69) is 26.6 Å². The second-order valence-electron chi connectivity index (χ2n) is 5.39. The predicted octanol–water partition coefficient (Wildman–Crippen LogP) is 3.92. The first-order valence-electron chi connectivity index (χ1n) is 6.54. The Kier molecular flexibility index (Phi) is 3.57. The molecule has 2 nitrogen and oxygen atoms in total. The third-order valence-corrected chi connectivity index (χ3v) is 4.85. The van der Waals surface area contributed by atoms with Crippen molar-refractivity contribution >= 4 is 38.9 Å². The number of nitrogens with one attached hydrogen (secondary N) is 2. The van der Waals surface area contributed by atoms with Gasteiger partial charge < -0.3 is 10.6 Å². The molecule has 2 fully saturated rings. The molecule has 0 spiro atoms. The van der Waals surface area contributed by atoms with Crippen LogP contribution >= 0.6 is 28.1 Å². The summed E-state index contributed by atoms with van der Waals surface area (Å²) in [5.41, 5.74) is 1.03. The average molecular weight is 325 g/mol. The van der Waals surface area contributed by atoms with Gasteiger partial charge in [0.15, 0.2) is 5.11 Å². The Balaban J connectivity index is 1.56.